The number of benzene rings is 2. The summed E-state index contributed by atoms with van der Waals surface area (Å²) in [7, 11) is -2.03. The minimum Gasteiger partial charge on any atom is -0.492 e. The molecule has 144 valence electrons. The van der Waals surface area contributed by atoms with Crippen molar-refractivity contribution in [1.29, 1.82) is 0 Å². The van der Waals surface area contributed by atoms with Crippen LogP contribution in [-0.2, 0) is 10.0 Å². The van der Waals surface area contributed by atoms with Gasteiger partial charge in [0, 0.05) is 19.2 Å². The summed E-state index contributed by atoms with van der Waals surface area (Å²) in [5.41, 5.74) is 1.40. The van der Waals surface area contributed by atoms with Gasteiger partial charge in [0.15, 0.2) is 0 Å². The van der Waals surface area contributed by atoms with Crippen molar-refractivity contribution in [1.82, 2.24) is 9.62 Å². The molecule has 0 heterocycles. The van der Waals surface area contributed by atoms with Crippen molar-refractivity contribution in [2.45, 2.75) is 11.8 Å². The standard InChI is InChI=1S/C20H24N2O4S/c1-4-11-21-27(24,25)19-10-6-8-17(15-19)20(23)22(3)12-13-26-18-9-5-7-16(2)14-18/h4-10,14-15,21H,1,11-13H2,2-3H3. The van der Waals surface area contributed by atoms with Crippen LogP contribution in [0.15, 0.2) is 66.1 Å². The summed E-state index contributed by atoms with van der Waals surface area (Å²) >= 11 is 0. The lowest BCUT2D eigenvalue weighted by atomic mass is 10.2. The molecule has 6 nitrogen and oxygen atoms in total. The summed E-state index contributed by atoms with van der Waals surface area (Å²) in [6.07, 6.45) is 1.45. The van der Waals surface area contributed by atoms with E-state index in [0.29, 0.717) is 18.7 Å². The topological polar surface area (TPSA) is 75.7 Å². The minimum absolute atomic E-state index is 0.0413. The quantitative estimate of drug-likeness (QED) is 0.670. The van der Waals surface area contributed by atoms with Crippen molar-refractivity contribution in [3.63, 3.8) is 0 Å². The Morgan fingerprint density at radius 3 is 2.67 bits per heavy atom. The molecule has 0 bridgehead atoms. The molecule has 2 aromatic rings. The van der Waals surface area contributed by atoms with E-state index in [1.165, 1.54) is 23.1 Å². The summed E-state index contributed by atoms with van der Waals surface area (Å²) in [5.74, 6) is 0.473. The number of hydrogen-bond donors (Lipinski definition) is 1. The maximum Gasteiger partial charge on any atom is 0.253 e. The fourth-order valence-corrected chi connectivity index (χ4v) is 3.42. The van der Waals surface area contributed by atoms with Gasteiger partial charge < -0.3 is 9.64 Å². The molecule has 7 heteroatoms. The van der Waals surface area contributed by atoms with E-state index >= 15 is 0 Å². The van der Waals surface area contributed by atoms with Crippen LogP contribution in [-0.4, -0.2) is 46.0 Å². The first-order valence-electron chi connectivity index (χ1n) is 8.49. The van der Waals surface area contributed by atoms with Crippen LogP contribution in [0.25, 0.3) is 0 Å². The molecular formula is C20H24N2O4S. The van der Waals surface area contributed by atoms with Crippen molar-refractivity contribution in [2.75, 3.05) is 26.7 Å². The maximum atomic E-state index is 12.6. The smallest absolute Gasteiger partial charge is 0.253 e. The summed E-state index contributed by atoms with van der Waals surface area (Å²) < 4.78 is 32.4. The van der Waals surface area contributed by atoms with Crippen molar-refractivity contribution < 1.29 is 17.9 Å². The third kappa shape index (κ3) is 5.94. The van der Waals surface area contributed by atoms with Gasteiger partial charge in [-0.25, -0.2) is 13.1 Å². The molecule has 1 amide bonds. The molecule has 0 saturated heterocycles. The molecule has 0 spiro atoms. The number of rotatable bonds is 9. The fraction of sp³-hybridized carbons (Fsp3) is 0.250. The number of carbonyl (C=O) groups is 1. The molecule has 0 aliphatic rings. The molecule has 1 N–H and O–H groups in total. The number of hydrogen-bond acceptors (Lipinski definition) is 4. The lowest BCUT2D eigenvalue weighted by Crippen LogP contribution is -2.31. The Labute approximate surface area is 160 Å². The second-order valence-electron chi connectivity index (χ2n) is 6.06. The Morgan fingerprint density at radius 2 is 1.96 bits per heavy atom. The largest absolute Gasteiger partial charge is 0.492 e. The maximum absolute atomic E-state index is 12.6. The van der Waals surface area contributed by atoms with Gasteiger partial charge in [-0.15, -0.1) is 6.58 Å². The molecule has 0 unspecified atom stereocenters. The number of carbonyl (C=O) groups excluding carboxylic acids is 1. The molecular weight excluding hydrogens is 364 g/mol. The highest BCUT2D eigenvalue weighted by molar-refractivity contribution is 7.89. The monoisotopic (exact) mass is 388 g/mol. The van der Waals surface area contributed by atoms with E-state index in [4.69, 9.17) is 4.74 Å². The first-order chi connectivity index (χ1) is 12.8. The van der Waals surface area contributed by atoms with Gasteiger partial charge in [0.05, 0.1) is 11.4 Å². The molecule has 0 fully saturated rings. The van der Waals surface area contributed by atoms with E-state index < -0.39 is 10.0 Å². The zero-order valence-corrected chi connectivity index (χ0v) is 16.3. The number of amides is 1. The first kappa shape index (κ1) is 20.7. The van der Waals surface area contributed by atoms with Crippen LogP contribution in [0.3, 0.4) is 0 Å². The predicted molar refractivity (Wildman–Crippen MR) is 105 cm³/mol. The highest BCUT2D eigenvalue weighted by Crippen LogP contribution is 2.14. The Morgan fingerprint density at radius 1 is 1.22 bits per heavy atom. The Bertz CT molecular complexity index is 910. The van der Waals surface area contributed by atoms with E-state index in [0.717, 1.165) is 11.3 Å². The van der Waals surface area contributed by atoms with E-state index in [9.17, 15) is 13.2 Å². The normalized spacial score (nSPS) is 11.0. The van der Waals surface area contributed by atoms with Crippen LogP contribution >= 0.6 is 0 Å². The van der Waals surface area contributed by atoms with Gasteiger partial charge in [0.2, 0.25) is 10.0 Å². The fourth-order valence-electron chi connectivity index (χ4n) is 2.38. The number of nitrogens with one attached hydrogen (secondary N) is 1. The second-order valence-corrected chi connectivity index (χ2v) is 7.83. The average molecular weight is 388 g/mol. The number of nitrogens with zero attached hydrogens (tertiary/aromatic N) is 1. The zero-order chi connectivity index (χ0) is 19.9. The summed E-state index contributed by atoms with van der Waals surface area (Å²) in [6, 6.07) is 13.6. The van der Waals surface area contributed by atoms with Gasteiger partial charge >= 0.3 is 0 Å². The first-order valence-corrected chi connectivity index (χ1v) is 9.97. The van der Waals surface area contributed by atoms with Gasteiger partial charge in [0.1, 0.15) is 12.4 Å². The lowest BCUT2D eigenvalue weighted by Gasteiger charge is -2.18. The highest BCUT2D eigenvalue weighted by Gasteiger charge is 2.17. The highest BCUT2D eigenvalue weighted by atomic mass is 32.2. The van der Waals surface area contributed by atoms with Gasteiger partial charge in [-0.2, -0.15) is 0 Å². The number of sulfonamides is 1. The molecule has 0 aliphatic carbocycles. The van der Waals surface area contributed by atoms with E-state index in [1.807, 2.05) is 31.2 Å². The Balaban J connectivity index is 1.99. The van der Waals surface area contributed by atoms with Crippen molar-refractivity contribution in [2.24, 2.45) is 0 Å². The van der Waals surface area contributed by atoms with Gasteiger partial charge in [-0.05, 0) is 42.8 Å². The molecule has 0 atom stereocenters. The van der Waals surface area contributed by atoms with Crippen LogP contribution in [0.4, 0.5) is 0 Å². The van der Waals surface area contributed by atoms with Gasteiger partial charge in [0.25, 0.3) is 5.91 Å². The molecule has 0 aromatic heterocycles. The van der Waals surface area contributed by atoms with Crippen molar-refractivity contribution in [3.8, 4) is 5.75 Å². The summed E-state index contributed by atoms with van der Waals surface area (Å²) in [4.78, 5) is 14.1. The number of ether oxygens (including phenoxy) is 1. The average Bonchev–Trinajstić information content (AvgIpc) is 2.66. The van der Waals surface area contributed by atoms with Crippen LogP contribution in [0, 0.1) is 6.92 Å². The van der Waals surface area contributed by atoms with Crippen molar-refractivity contribution in [3.05, 3.63) is 72.3 Å². The summed E-state index contributed by atoms with van der Waals surface area (Å²) in [6.45, 7) is 6.29. The van der Waals surface area contributed by atoms with Gasteiger partial charge in [-0.1, -0.05) is 24.3 Å². The third-order valence-corrected chi connectivity index (χ3v) is 5.26. The molecule has 0 saturated carbocycles. The molecule has 27 heavy (non-hydrogen) atoms. The predicted octanol–water partition coefficient (Wildman–Crippen LogP) is 2.61. The van der Waals surface area contributed by atoms with E-state index in [1.54, 1.807) is 19.2 Å². The summed E-state index contributed by atoms with van der Waals surface area (Å²) in [5, 5.41) is 0. The lowest BCUT2D eigenvalue weighted by molar-refractivity contribution is 0.0773. The molecule has 0 radical (unpaired) electrons. The number of aryl methyl sites for hydroxylation is 1. The molecule has 0 aliphatic heterocycles. The zero-order valence-electron chi connectivity index (χ0n) is 15.5. The molecule has 2 aromatic carbocycles. The van der Waals surface area contributed by atoms with Crippen molar-refractivity contribution >= 4 is 15.9 Å². The van der Waals surface area contributed by atoms with E-state index in [2.05, 4.69) is 11.3 Å². The van der Waals surface area contributed by atoms with Crippen LogP contribution in [0.2, 0.25) is 0 Å². The minimum atomic E-state index is -3.68. The second kappa shape index (κ2) is 9.34. The van der Waals surface area contributed by atoms with Crippen LogP contribution < -0.4 is 9.46 Å². The van der Waals surface area contributed by atoms with Gasteiger partial charge in [-0.3, -0.25) is 4.79 Å². The Hall–Kier alpha value is -2.64. The van der Waals surface area contributed by atoms with Crippen LogP contribution in [0.5, 0.6) is 5.75 Å². The number of likely N-dealkylation sites (N-methyl/N-ethyl adjacent to an activating group) is 1. The third-order valence-electron chi connectivity index (χ3n) is 3.84. The molecule has 2 rings (SSSR count). The SMILES string of the molecule is C=CCNS(=O)(=O)c1cccc(C(=O)N(C)CCOc2cccc(C)c2)c1. The Kier molecular flexibility index (Phi) is 7.15. The van der Waals surface area contributed by atoms with E-state index in [-0.39, 0.29) is 17.3 Å². The van der Waals surface area contributed by atoms with Crippen LogP contribution in [0.1, 0.15) is 15.9 Å².